The van der Waals surface area contributed by atoms with E-state index in [9.17, 15) is 13.6 Å². The van der Waals surface area contributed by atoms with Gasteiger partial charge in [0.15, 0.2) is 0 Å². The molecule has 1 amide bonds. The fraction of sp³-hybridized carbons (Fsp3) is 0.409. The predicted molar refractivity (Wildman–Crippen MR) is 104 cm³/mol. The lowest BCUT2D eigenvalue weighted by Gasteiger charge is -2.20. The van der Waals surface area contributed by atoms with Gasteiger partial charge in [-0.2, -0.15) is 0 Å². The highest BCUT2D eigenvalue weighted by molar-refractivity contribution is 5.92. The van der Waals surface area contributed by atoms with Gasteiger partial charge in [0.1, 0.15) is 5.75 Å². The monoisotopic (exact) mass is 375 g/mol. The lowest BCUT2D eigenvalue weighted by atomic mass is 10.0. The standard InChI is InChI=1S/C22H27F2NO2/c1-3-4-16-27-20-13-8-10-18(17-20)22(23,24)15-9-14-21(26)25(2)19-11-6-5-7-12-19/h5-8,10-13,17H,3-4,9,14-16H2,1-2H3. The second kappa shape index (κ2) is 10.0. The smallest absolute Gasteiger partial charge is 0.273 e. The normalized spacial score (nSPS) is 11.3. The molecule has 0 aromatic heterocycles. The number of carbonyl (C=O) groups is 1. The second-order valence-corrected chi connectivity index (χ2v) is 6.58. The van der Waals surface area contributed by atoms with Gasteiger partial charge in [0, 0.05) is 31.1 Å². The Hall–Kier alpha value is -2.43. The van der Waals surface area contributed by atoms with E-state index < -0.39 is 5.92 Å². The number of carbonyl (C=O) groups excluding carboxylic acids is 1. The van der Waals surface area contributed by atoms with Crippen LogP contribution < -0.4 is 9.64 Å². The summed E-state index contributed by atoms with van der Waals surface area (Å²) in [6.07, 6.45) is 1.69. The zero-order valence-electron chi connectivity index (χ0n) is 16.0. The first kappa shape index (κ1) is 20.9. The third-order valence-electron chi connectivity index (χ3n) is 4.42. The highest BCUT2D eigenvalue weighted by Crippen LogP contribution is 2.35. The number of ether oxygens (including phenoxy) is 1. The molecule has 0 fully saturated rings. The molecule has 2 rings (SSSR count). The number of rotatable bonds is 10. The van der Waals surface area contributed by atoms with Crippen molar-refractivity contribution in [3.63, 3.8) is 0 Å². The Bertz CT molecular complexity index is 719. The van der Waals surface area contributed by atoms with Gasteiger partial charge >= 0.3 is 0 Å². The number of alkyl halides is 2. The van der Waals surface area contributed by atoms with E-state index in [1.54, 1.807) is 19.2 Å². The first-order valence-corrected chi connectivity index (χ1v) is 9.37. The predicted octanol–water partition coefficient (Wildman–Crippen LogP) is 5.79. The van der Waals surface area contributed by atoms with E-state index in [0.717, 1.165) is 18.5 Å². The van der Waals surface area contributed by atoms with Crippen molar-refractivity contribution < 1.29 is 18.3 Å². The highest BCUT2D eigenvalue weighted by Gasteiger charge is 2.31. The summed E-state index contributed by atoms with van der Waals surface area (Å²) in [5.41, 5.74) is 0.687. The van der Waals surface area contributed by atoms with Crippen molar-refractivity contribution in [2.24, 2.45) is 0 Å². The molecule has 0 aliphatic heterocycles. The molecule has 0 spiro atoms. The van der Waals surface area contributed by atoms with Gasteiger partial charge in [-0.05, 0) is 37.1 Å². The second-order valence-electron chi connectivity index (χ2n) is 6.58. The first-order chi connectivity index (χ1) is 12.9. The summed E-state index contributed by atoms with van der Waals surface area (Å²) in [6, 6.07) is 15.2. The van der Waals surface area contributed by atoms with Crippen LogP contribution in [-0.4, -0.2) is 19.6 Å². The van der Waals surface area contributed by atoms with Crippen molar-refractivity contribution in [2.45, 2.75) is 45.0 Å². The molecule has 0 unspecified atom stereocenters. The molecule has 3 nitrogen and oxygen atoms in total. The highest BCUT2D eigenvalue weighted by atomic mass is 19.3. The van der Waals surface area contributed by atoms with E-state index in [4.69, 9.17) is 4.74 Å². The number of hydrogen-bond acceptors (Lipinski definition) is 2. The van der Waals surface area contributed by atoms with E-state index in [1.807, 2.05) is 37.3 Å². The van der Waals surface area contributed by atoms with E-state index in [-0.39, 0.29) is 30.7 Å². The summed E-state index contributed by atoms with van der Waals surface area (Å²) < 4.78 is 34.5. The Balaban J connectivity index is 1.88. The molecule has 2 aromatic carbocycles. The zero-order valence-corrected chi connectivity index (χ0v) is 16.0. The summed E-state index contributed by atoms with van der Waals surface area (Å²) in [4.78, 5) is 13.7. The Morgan fingerprint density at radius 2 is 1.81 bits per heavy atom. The molecular formula is C22H27F2NO2. The van der Waals surface area contributed by atoms with Gasteiger partial charge in [-0.1, -0.05) is 43.7 Å². The third kappa shape index (κ3) is 6.35. The van der Waals surface area contributed by atoms with Gasteiger partial charge in [-0.3, -0.25) is 4.79 Å². The molecule has 0 heterocycles. The Morgan fingerprint density at radius 3 is 2.52 bits per heavy atom. The molecule has 27 heavy (non-hydrogen) atoms. The maximum atomic E-state index is 14.5. The van der Waals surface area contributed by atoms with Crippen molar-refractivity contribution in [1.82, 2.24) is 0 Å². The number of amides is 1. The van der Waals surface area contributed by atoms with Crippen LogP contribution >= 0.6 is 0 Å². The van der Waals surface area contributed by atoms with Crippen LogP contribution in [0.2, 0.25) is 0 Å². The van der Waals surface area contributed by atoms with Gasteiger partial charge in [-0.15, -0.1) is 0 Å². The van der Waals surface area contributed by atoms with Gasteiger partial charge in [0.2, 0.25) is 5.91 Å². The van der Waals surface area contributed by atoms with Gasteiger partial charge < -0.3 is 9.64 Å². The van der Waals surface area contributed by atoms with Crippen LogP contribution in [-0.2, 0) is 10.7 Å². The number of nitrogens with zero attached hydrogens (tertiary/aromatic N) is 1. The van der Waals surface area contributed by atoms with Crippen LogP contribution in [0.4, 0.5) is 14.5 Å². The van der Waals surface area contributed by atoms with Crippen LogP contribution in [0.15, 0.2) is 54.6 Å². The molecule has 0 radical (unpaired) electrons. The molecule has 146 valence electrons. The SMILES string of the molecule is CCCCOc1cccc(C(F)(F)CCCC(=O)N(C)c2ccccc2)c1. The number of benzene rings is 2. The topological polar surface area (TPSA) is 29.5 Å². The zero-order chi connectivity index (χ0) is 19.7. The molecule has 0 bridgehead atoms. The van der Waals surface area contributed by atoms with Crippen molar-refractivity contribution in [1.29, 1.82) is 0 Å². The Labute approximate surface area is 160 Å². The lowest BCUT2D eigenvalue weighted by molar-refractivity contribution is -0.118. The lowest BCUT2D eigenvalue weighted by Crippen LogP contribution is -2.26. The van der Waals surface area contributed by atoms with Gasteiger partial charge in [0.25, 0.3) is 5.92 Å². The summed E-state index contributed by atoms with van der Waals surface area (Å²) in [5.74, 6) is -2.70. The average molecular weight is 375 g/mol. The van der Waals surface area contributed by atoms with Crippen molar-refractivity contribution in [2.75, 3.05) is 18.6 Å². The molecule has 5 heteroatoms. The van der Waals surface area contributed by atoms with Crippen LogP contribution in [0, 0.1) is 0 Å². The molecule has 0 atom stereocenters. The van der Waals surface area contributed by atoms with Crippen LogP contribution in [0.3, 0.4) is 0 Å². The van der Waals surface area contributed by atoms with E-state index in [2.05, 4.69) is 0 Å². The van der Waals surface area contributed by atoms with Gasteiger partial charge in [-0.25, -0.2) is 8.78 Å². The van der Waals surface area contributed by atoms with Crippen LogP contribution in [0.25, 0.3) is 0 Å². The van der Waals surface area contributed by atoms with E-state index >= 15 is 0 Å². The molecule has 0 aliphatic rings. The molecular weight excluding hydrogens is 348 g/mol. The first-order valence-electron chi connectivity index (χ1n) is 9.37. The Kier molecular flexibility index (Phi) is 7.77. The molecule has 0 aliphatic carbocycles. The molecule has 0 N–H and O–H groups in total. The van der Waals surface area contributed by atoms with E-state index in [0.29, 0.717) is 12.4 Å². The van der Waals surface area contributed by atoms with Crippen molar-refractivity contribution >= 4 is 11.6 Å². The largest absolute Gasteiger partial charge is 0.494 e. The van der Waals surface area contributed by atoms with Crippen LogP contribution in [0.1, 0.15) is 44.6 Å². The number of para-hydroxylation sites is 1. The van der Waals surface area contributed by atoms with E-state index in [1.165, 1.54) is 17.0 Å². The number of halogens is 2. The number of unbranched alkanes of at least 4 members (excludes halogenated alkanes) is 1. The summed E-state index contributed by atoms with van der Waals surface area (Å²) in [5, 5.41) is 0. The minimum Gasteiger partial charge on any atom is -0.494 e. The Morgan fingerprint density at radius 1 is 1.07 bits per heavy atom. The summed E-state index contributed by atoms with van der Waals surface area (Å²) in [6.45, 7) is 2.57. The van der Waals surface area contributed by atoms with Crippen molar-refractivity contribution in [3.05, 3.63) is 60.2 Å². The average Bonchev–Trinajstić information content (AvgIpc) is 2.68. The molecule has 0 saturated heterocycles. The van der Waals surface area contributed by atoms with Crippen molar-refractivity contribution in [3.8, 4) is 5.75 Å². The maximum Gasteiger partial charge on any atom is 0.273 e. The minimum atomic E-state index is -2.99. The minimum absolute atomic E-state index is 0.0691. The van der Waals surface area contributed by atoms with Crippen LogP contribution in [0.5, 0.6) is 5.75 Å². The summed E-state index contributed by atoms with van der Waals surface area (Å²) in [7, 11) is 1.66. The quantitative estimate of drug-likeness (QED) is 0.492. The van der Waals surface area contributed by atoms with Gasteiger partial charge in [0.05, 0.1) is 6.61 Å². The molecule has 2 aromatic rings. The fourth-order valence-corrected chi connectivity index (χ4v) is 2.72. The number of hydrogen-bond donors (Lipinski definition) is 0. The summed E-state index contributed by atoms with van der Waals surface area (Å²) >= 11 is 0. The molecule has 0 saturated carbocycles. The fourth-order valence-electron chi connectivity index (χ4n) is 2.72. The third-order valence-corrected chi connectivity index (χ3v) is 4.42. The maximum absolute atomic E-state index is 14.5. The number of anilines is 1.